The van der Waals surface area contributed by atoms with Crippen molar-refractivity contribution in [2.45, 2.75) is 18.9 Å². The molecule has 1 atom stereocenters. The fourth-order valence-electron chi connectivity index (χ4n) is 3.10. The number of hydrogen-bond acceptors (Lipinski definition) is 3. The average molecular weight is 364 g/mol. The third-order valence-corrected chi connectivity index (χ3v) is 4.58. The molecule has 0 bridgehead atoms. The van der Waals surface area contributed by atoms with E-state index in [-0.39, 0.29) is 17.9 Å². The molecule has 0 saturated carbocycles. The summed E-state index contributed by atoms with van der Waals surface area (Å²) in [7, 11) is 0. The Labute approximate surface area is 159 Å². The molecule has 1 aliphatic rings. The molecule has 5 heteroatoms. The van der Waals surface area contributed by atoms with Crippen molar-refractivity contribution < 1.29 is 14.3 Å². The van der Waals surface area contributed by atoms with E-state index in [2.05, 4.69) is 11.9 Å². The second-order valence-corrected chi connectivity index (χ2v) is 6.53. The normalized spacial score (nSPS) is 16.0. The summed E-state index contributed by atoms with van der Waals surface area (Å²) in [6.07, 6.45) is 2.84. The van der Waals surface area contributed by atoms with Gasteiger partial charge in [-0.3, -0.25) is 9.59 Å². The zero-order valence-electron chi connectivity index (χ0n) is 15.3. The number of para-hydroxylation sites is 1. The minimum absolute atomic E-state index is 0.0284. The van der Waals surface area contributed by atoms with Gasteiger partial charge in [0, 0.05) is 25.1 Å². The largest absolute Gasteiger partial charge is 0.489 e. The van der Waals surface area contributed by atoms with E-state index in [1.165, 1.54) is 6.08 Å². The Morgan fingerprint density at radius 1 is 1.15 bits per heavy atom. The van der Waals surface area contributed by atoms with Gasteiger partial charge in [0.1, 0.15) is 11.9 Å². The average Bonchev–Trinajstić information content (AvgIpc) is 3.17. The summed E-state index contributed by atoms with van der Waals surface area (Å²) < 4.78 is 5.95. The molecular formula is C22H24N2O3. The highest BCUT2D eigenvalue weighted by Crippen LogP contribution is 2.20. The highest BCUT2D eigenvalue weighted by atomic mass is 16.5. The Kier molecular flexibility index (Phi) is 6.26. The summed E-state index contributed by atoms with van der Waals surface area (Å²) in [5.41, 5.74) is 1.75. The maximum atomic E-state index is 12.7. The summed E-state index contributed by atoms with van der Waals surface area (Å²) in [5.74, 6) is 0.688. The molecule has 1 fully saturated rings. The van der Waals surface area contributed by atoms with Gasteiger partial charge in [0.2, 0.25) is 5.91 Å². The van der Waals surface area contributed by atoms with Crippen LogP contribution in [0.15, 0.2) is 67.3 Å². The number of nitrogens with one attached hydrogen (secondary N) is 1. The molecule has 3 rings (SSSR count). The van der Waals surface area contributed by atoms with Crippen molar-refractivity contribution in [2.75, 3.05) is 19.6 Å². The molecule has 0 unspecified atom stereocenters. The van der Waals surface area contributed by atoms with E-state index in [9.17, 15) is 9.59 Å². The van der Waals surface area contributed by atoms with Crippen LogP contribution in [-0.2, 0) is 11.2 Å². The molecule has 2 aromatic carbocycles. The number of ether oxygens (including phenoxy) is 1. The van der Waals surface area contributed by atoms with Crippen molar-refractivity contribution >= 4 is 11.8 Å². The quantitative estimate of drug-likeness (QED) is 0.769. The Bertz CT molecular complexity index is 787. The van der Waals surface area contributed by atoms with Crippen LogP contribution in [-0.4, -0.2) is 42.5 Å². The van der Waals surface area contributed by atoms with Crippen molar-refractivity contribution in [1.82, 2.24) is 10.2 Å². The van der Waals surface area contributed by atoms with Crippen LogP contribution in [0.5, 0.6) is 5.75 Å². The zero-order chi connectivity index (χ0) is 19.1. The summed E-state index contributed by atoms with van der Waals surface area (Å²) in [6.45, 7) is 5.27. The summed E-state index contributed by atoms with van der Waals surface area (Å²) >= 11 is 0. The van der Waals surface area contributed by atoms with Gasteiger partial charge >= 0.3 is 0 Å². The second-order valence-electron chi connectivity index (χ2n) is 6.53. The maximum Gasteiger partial charge on any atom is 0.253 e. The number of carbonyl (C=O) groups is 2. The zero-order valence-corrected chi connectivity index (χ0v) is 15.3. The lowest BCUT2D eigenvalue weighted by molar-refractivity contribution is -0.116. The van der Waals surface area contributed by atoms with Crippen LogP contribution in [0, 0.1) is 0 Å². The van der Waals surface area contributed by atoms with Crippen LogP contribution < -0.4 is 10.1 Å². The number of amides is 2. The minimum Gasteiger partial charge on any atom is -0.489 e. The topological polar surface area (TPSA) is 58.6 Å². The first-order chi connectivity index (χ1) is 13.2. The van der Waals surface area contributed by atoms with Gasteiger partial charge in [-0.15, -0.1) is 0 Å². The Morgan fingerprint density at radius 3 is 2.59 bits per heavy atom. The van der Waals surface area contributed by atoms with Crippen LogP contribution in [0.25, 0.3) is 0 Å². The molecule has 27 heavy (non-hydrogen) atoms. The second kappa shape index (κ2) is 9.03. The maximum absolute atomic E-state index is 12.7. The van der Waals surface area contributed by atoms with Crippen LogP contribution in [0.1, 0.15) is 22.3 Å². The van der Waals surface area contributed by atoms with E-state index >= 15 is 0 Å². The Balaban J connectivity index is 1.50. The number of carbonyl (C=O) groups excluding carboxylic acids is 2. The van der Waals surface area contributed by atoms with Crippen LogP contribution in [0.3, 0.4) is 0 Å². The predicted octanol–water partition coefficient (Wildman–Crippen LogP) is 2.82. The van der Waals surface area contributed by atoms with Gasteiger partial charge in [0.25, 0.3) is 5.91 Å². The van der Waals surface area contributed by atoms with E-state index < -0.39 is 0 Å². The van der Waals surface area contributed by atoms with Crippen molar-refractivity contribution in [3.63, 3.8) is 0 Å². The lowest BCUT2D eigenvalue weighted by Gasteiger charge is -2.17. The fraction of sp³-hybridized carbons (Fsp3) is 0.273. The highest BCUT2D eigenvalue weighted by molar-refractivity contribution is 5.94. The predicted molar refractivity (Wildman–Crippen MR) is 105 cm³/mol. The molecule has 1 saturated heterocycles. The SMILES string of the molecule is C=CC(=O)NCCc1ccc(C(=O)N2CC[C@@H](Oc3ccccc3)C2)cc1. The first kappa shape index (κ1) is 18.7. The molecule has 2 amide bonds. The van der Waals surface area contributed by atoms with Crippen molar-refractivity contribution in [3.05, 3.63) is 78.4 Å². The van der Waals surface area contributed by atoms with Crippen molar-refractivity contribution in [2.24, 2.45) is 0 Å². The van der Waals surface area contributed by atoms with Gasteiger partial charge in [-0.05, 0) is 42.3 Å². The lowest BCUT2D eigenvalue weighted by Crippen LogP contribution is -2.30. The Hall–Kier alpha value is -3.08. The van der Waals surface area contributed by atoms with E-state index in [1.54, 1.807) is 0 Å². The van der Waals surface area contributed by atoms with Gasteiger partial charge < -0.3 is 15.0 Å². The monoisotopic (exact) mass is 364 g/mol. The van der Waals surface area contributed by atoms with Gasteiger partial charge in [-0.2, -0.15) is 0 Å². The highest BCUT2D eigenvalue weighted by Gasteiger charge is 2.28. The molecule has 0 aromatic heterocycles. The fourth-order valence-corrected chi connectivity index (χ4v) is 3.10. The van der Waals surface area contributed by atoms with Crippen molar-refractivity contribution in [3.8, 4) is 5.75 Å². The number of rotatable bonds is 7. The summed E-state index contributed by atoms with van der Waals surface area (Å²) in [6, 6.07) is 17.3. The third kappa shape index (κ3) is 5.20. The molecule has 1 aliphatic heterocycles. The summed E-state index contributed by atoms with van der Waals surface area (Å²) in [4.78, 5) is 25.7. The van der Waals surface area contributed by atoms with Crippen molar-refractivity contribution in [1.29, 1.82) is 0 Å². The molecule has 2 aromatic rings. The lowest BCUT2D eigenvalue weighted by atomic mass is 10.1. The third-order valence-electron chi connectivity index (χ3n) is 4.58. The number of likely N-dealkylation sites (tertiary alicyclic amines) is 1. The first-order valence-corrected chi connectivity index (χ1v) is 9.16. The standard InChI is InChI=1S/C22H24N2O3/c1-2-21(25)23-14-12-17-8-10-18(11-9-17)22(26)24-15-13-20(16-24)27-19-6-4-3-5-7-19/h2-11,20H,1,12-16H2,(H,23,25)/t20-/m1/s1. The van der Waals surface area contributed by atoms with Gasteiger partial charge in [0.15, 0.2) is 0 Å². The van der Waals surface area contributed by atoms with Crippen LogP contribution >= 0.6 is 0 Å². The summed E-state index contributed by atoms with van der Waals surface area (Å²) in [5, 5.41) is 2.74. The first-order valence-electron chi connectivity index (χ1n) is 9.16. The minimum atomic E-state index is -0.178. The molecule has 1 heterocycles. The number of hydrogen-bond donors (Lipinski definition) is 1. The van der Waals surface area contributed by atoms with Crippen LogP contribution in [0.2, 0.25) is 0 Å². The smallest absolute Gasteiger partial charge is 0.253 e. The van der Waals surface area contributed by atoms with E-state index in [1.807, 2.05) is 59.5 Å². The molecular weight excluding hydrogens is 340 g/mol. The van der Waals surface area contributed by atoms with E-state index in [0.717, 1.165) is 17.7 Å². The molecule has 0 radical (unpaired) electrons. The molecule has 1 N–H and O–H groups in total. The molecule has 0 aliphatic carbocycles. The Morgan fingerprint density at radius 2 is 1.89 bits per heavy atom. The molecule has 140 valence electrons. The van der Waals surface area contributed by atoms with Gasteiger partial charge in [-0.25, -0.2) is 0 Å². The number of benzene rings is 2. The molecule has 0 spiro atoms. The van der Waals surface area contributed by atoms with Gasteiger partial charge in [-0.1, -0.05) is 36.9 Å². The van der Waals surface area contributed by atoms with Gasteiger partial charge in [0.05, 0.1) is 6.54 Å². The van der Waals surface area contributed by atoms with E-state index in [4.69, 9.17) is 4.74 Å². The number of nitrogens with zero attached hydrogens (tertiary/aromatic N) is 1. The molecule has 5 nitrogen and oxygen atoms in total. The van der Waals surface area contributed by atoms with E-state index in [0.29, 0.717) is 31.6 Å². The van der Waals surface area contributed by atoms with Crippen LogP contribution in [0.4, 0.5) is 0 Å².